The SMILES string of the molecule is COc1cc(-n2ccc(C)n2)c([N+](=O)[O-])cc1OC. The standard InChI is InChI=1S/C12H13N3O4/c1-8-4-5-14(13-8)9-6-11(18-2)12(19-3)7-10(9)15(16)17/h4-7H,1-3H3. The highest BCUT2D eigenvalue weighted by Gasteiger charge is 2.21. The van der Waals surface area contributed by atoms with E-state index in [1.54, 1.807) is 12.3 Å². The quantitative estimate of drug-likeness (QED) is 0.623. The molecule has 0 saturated carbocycles. The van der Waals surface area contributed by atoms with Gasteiger partial charge in [0.2, 0.25) is 0 Å². The van der Waals surface area contributed by atoms with Crippen molar-refractivity contribution in [2.75, 3.05) is 14.2 Å². The monoisotopic (exact) mass is 263 g/mol. The van der Waals surface area contributed by atoms with Crippen LogP contribution in [0.5, 0.6) is 11.5 Å². The zero-order valence-electron chi connectivity index (χ0n) is 10.8. The molecule has 100 valence electrons. The molecule has 2 aromatic rings. The molecule has 0 fully saturated rings. The molecule has 0 bridgehead atoms. The van der Waals surface area contributed by atoms with E-state index in [4.69, 9.17) is 9.47 Å². The minimum atomic E-state index is -0.478. The van der Waals surface area contributed by atoms with Gasteiger partial charge in [0.25, 0.3) is 5.69 Å². The van der Waals surface area contributed by atoms with E-state index in [1.807, 2.05) is 6.92 Å². The normalized spacial score (nSPS) is 10.3. The average Bonchev–Trinajstić information content (AvgIpc) is 2.83. The van der Waals surface area contributed by atoms with Crippen LogP contribution in [0.2, 0.25) is 0 Å². The van der Waals surface area contributed by atoms with E-state index in [2.05, 4.69) is 5.10 Å². The topological polar surface area (TPSA) is 79.4 Å². The van der Waals surface area contributed by atoms with Crippen LogP contribution >= 0.6 is 0 Å². The molecule has 0 atom stereocenters. The van der Waals surface area contributed by atoms with Crippen molar-refractivity contribution >= 4 is 5.69 Å². The molecular formula is C12H13N3O4. The Hall–Kier alpha value is -2.57. The van der Waals surface area contributed by atoms with Crippen LogP contribution in [0.1, 0.15) is 5.69 Å². The third-order valence-corrected chi connectivity index (χ3v) is 2.65. The molecule has 0 amide bonds. The molecule has 19 heavy (non-hydrogen) atoms. The van der Waals surface area contributed by atoms with Crippen molar-refractivity contribution in [3.63, 3.8) is 0 Å². The Morgan fingerprint density at radius 2 is 1.89 bits per heavy atom. The van der Waals surface area contributed by atoms with Crippen LogP contribution in [0.25, 0.3) is 5.69 Å². The lowest BCUT2D eigenvalue weighted by Crippen LogP contribution is -2.03. The predicted molar refractivity (Wildman–Crippen MR) is 68.1 cm³/mol. The van der Waals surface area contributed by atoms with Crippen LogP contribution in [0, 0.1) is 17.0 Å². The van der Waals surface area contributed by atoms with E-state index in [-0.39, 0.29) is 5.69 Å². The summed E-state index contributed by atoms with van der Waals surface area (Å²) in [5, 5.41) is 15.3. The van der Waals surface area contributed by atoms with Crippen LogP contribution in [0.3, 0.4) is 0 Å². The summed E-state index contributed by atoms with van der Waals surface area (Å²) in [5.41, 5.74) is 1.00. The Balaban J connectivity index is 2.67. The minimum Gasteiger partial charge on any atom is -0.493 e. The molecule has 0 radical (unpaired) electrons. The first-order valence-corrected chi connectivity index (χ1v) is 5.50. The maximum atomic E-state index is 11.1. The molecule has 0 spiro atoms. The van der Waals surface area contributed by atoms with Gasteiger partial charge < -0.3 is 9.47 Å². The van der Waals surface area contributed by atoms with E-state index in [9.17, 15) is 10.1 Å². The molecule has 1 aromatic heterocycles. The van der Waals surface area contributed by atoms with E-state index in [0.717, 1.165) is 5.69 Å². The van der Waals surface area contributed by atoms with Gasteiger partial charge in [0.15, 0.2) is 11.5 Å². The van der Waals surface area contributed by atoms with E-state index in [0.29, 0.717) is 17.2 Å². The zero-order chi connectivity index (χ0) is 14.0. The lowest BCUT2D eigenvalue weighted by Gasteiger charge is -2.10. The van der Waals surface area contributed by atoms with Crippen LogP contribution in [0.4, 0.5) is 5.69 Å². The van der Waals surface area contributed by atoms with Gasteiger partial charge in [-0.3, -0.25) is 10.1 Å². The van der Waals surface area contributed by atoms with Gasteiger partial charge in [-0.2, -0.15) is 5.10 Å². The summed E-state index contributed by atoms with van der Waals surface area (Å²) in [6.45, 7) is 1.81. The van der Waals surface area contributed by atoms with Crippen molar-refractivity contribution in [2.45, 2.75) is 6.92 Å². The van der Waals surface area contributed by atoms with Gasteiger partial charge in [0.1, 0.15) is 5.69 Å². The molecule has 1 heterocycles. The van der Waals surface area contributed by atoms with Gasteiger partial charge >= 0.3 is 0 Å². The Kier molecular flexibility index (Phi) is 3.37. The summed E-state index contributed by atoms with van der Waals surface area (Å²) in [6, 6.07) is 4.62. The van der Waals surface area contributed by atoms with Crippen LogP contribution in [-0.2, 0) is 0 Å². The maximum absolute atomic E-state index is 11.1. The van der Waals surface area contributed by atoms with E-state index >= 15 is 0 Å². The molecule has 0 saturated heterocycles. The van der Waals surface area contributed by atoms with Gasteiger partial charge in [0, 0.05) is 12.3 Å². The number of aromatic nitrogens is 2. The highest BCUT2D eigenvalue weighted by atomic mass is 16.6. The number of aryl methyl sites for hydroxylation is 1. The largest absolute Gasteiger partial charge is 0.493 e. The second-order valence-corrected chi connectivity index (χ2v) is 3.85. The summed E-state index contributed by atoms with van der Waals surface area (Å²) in [4.78, 5) is 10.7. The number of ether oxygens (including phenoxy) is 2. The molecular weight excluding hydrogens is 250 g/mol. The molecule has 7 nitrogen and oxygen atoms in total. The fraction of sp³-hybridized carbons (Fsp3) is 0.250. The van der Waals surface area contributed by atoms with Crippen LogP contribution in [0.15, 0.2) is 24.4 Å². The van der Waals surface area contributed by atoms with Crippen molar-refractivity contribution in [2.24, 2.45) is 0 Å². The molecule has 0 unspecified atom stereocenters. The molecule has 0 aliphatic heterocycles. The Morgan fingerprint density at radius 3 is 2.37 bits per heavy atom. The number of hydrogen-bond acceptors (Lipinski definition) is 5. The Labute approximate surface area is 109 Å². The van der Waals surface area contributed by atoms with Gasteiger partial charge in [0.05, 0.1) is 30.9 Å². The first-order valence-electron chi connectivity index (χ1n) is 5.50. The van der Waals surface area contributed by atoms with Crippen LogP contribution in [-0.4, -0.2) is 28.9 Å². The summed E-state index contributed by atoms with van der Waals surface area (Å²) in [5.74, 6) is 0.720. The first-order chi connectivity index (χ1) is 9.06. The zero-order valence-corrected chi connectivity index (χ0v) is 10.8. The second kappa shape index (κ2) is 4.97. The number of rotatable bonds is 4. The number of nitro groups is 1. The van der Waals surface area contributed by atoms with Gasteiger partial charge in [-0.25, -0.2) is 4.68 Å². The first kappa shape index (κ1) is 12.9. The van der Waals surface area contributed by atoms with Crippen molar-refractivity contribution < 1.29 is 14.4 Å². The fourth-order valence-electron chi connectivity index (χ4n) is 1.74. The number of nitro benzene ring substituents is 1. The van der Waals surface area contributed by atoms with Gasteiger partial charge in [-0.05, 0) is 13.0 Å². The summed E-state index contributed by atoms with van der Waals surface area (Å²) in [7, 11) is 2.90. The smallest absolute Gasteiger partial charge is 0.298 e. The number of methoxy groups -OCH3 is 2. The molecule has 0 N–H and O–H groups in total. The summed E-state index contributed by atoms with van der Waals surface area (Å²) in [6.07, 6.45) is 1.66. The number of nitrogens with zero attached hydrogens (tertiary/aromatic N) is 3. The highest BCUT2D eigenvalue weighted by Crippen LogP contribution is 2.36. The molecule has 2 rings (SSSR count). The molecule has 7 heteroatoms. The fourth-order valence-corrected chi connectivity index (χ4v) is 1.74. The number of hydrogen-bond donors (Lipinski definition) is 0. The number of benzene rings is 1. The van der Waals surface area contributed by atoms with Crippen molar-refractivity contribution in [1.29, 1.82) is 0 Å². The predicted octanol–water partition coefficient (Wildman–Crippen LogP) is 2.11. The van der Waals surface area contributed by atoms with E-state index < -0.39 is 4.92 Å². The highest BCUT2D eigenvalue weighted by molar-refractivity contribution is 5.61. The maximum Gasteiger partial charge on any atom is 0.298 e. The third kappa shape index (κ3) is 2.35. The third-order valence-electron chi connectivity index (χ3n) is 2.65. The molecule has 0 aliphatic rings. The molecule has 1 aromatic carbocycles. The Morgan fingerprint density at radius 1 is 1.26 bits per heavy atom. The van der Waals surface area contributed by atoms with E-state index in [1.165, 1.54) is 31.0 Å². The summed E-state index contributed by atoms with van der Waals surface area (Å²) >= 11 is 0. The van der Waals surface area contributed by atoms with Gasteiger partial charge in [-0.1, -0.05) is 0 Å². The average molecular weight is 263 g/mol. The lowest BCUT2D eigenvalue weighted by atomic mass is 10.2. The van der Waals surface area contributed by atoms with Crippen molar-refractivity contribution in [3.8, 4) is 17.2 Å². The second-order valence-electron chi connectivity index (χ2n) is 3.85. The summed E-state index contributed by atoms with van der Waals surface area (Å²) < 4.78 is 11.7. The lowest BCUT2D eigenvalue weighted by molar-refractivity contribution is -0.384. The minimum absolute atomic E-state index is 0.0965. The van der Waals surface area contributed by atoms with Gasteiger partial charge in [-0.15, -0.1) is 0 Å². The van der Waals surface area contributed by atoms with Crippen LogP contribution < -0.4 is 9.47 Å². The van der Waals surface area contributed by atoms with Crippen molar-refractivity contribution in [1.82, 2.24) is 9.78 Å². The Bertz CT molecular complexity index is 621. The van der Waals surface area contributed by atoms with Crippen molar-refractivity contribution in [3.05, 3.63) is 40.2 Å². The molecule has 0 aliphatic carbocycles.